The second-order valence-electron chi connectivity index (χ2n) is 6.49. The van der Waals surface area contributed by atoms with Gasteiger partial charge in [-0.1, -0.05) is 47.5 Å². The quantitative estimate of drug-likeness (QED) is 0.557. The highest BCUT2D eigenvalue weighted by atomic mass is 35.5. The summed E-state index contributed by atoms with van der Waals surface area (Å²) in [5.74, 6) is 0.278. The number of nitrogens with one attached hydrogen (secondary N) is 1. The van der Waals surface area contributed by atoms with Crippen LogP contribution in [0.15, 0.2) is 77.7 Å². The van der Waals surface area contributed by atoms with Gasteiger partial charge in [0.05, 0.1) is 16.3 Å². The van der Waals surface area contributed by atoms with Crippen LogP contribution < -0.4 is 10.1 Å². The summed E-state index contributed by atoms with van der Waals surface area (Å²) >= 11 is 6.04. The molecule has 0 aliphatic heterocycles. The van der Waals surface area contributed by atoms with Gasteiger partial charge in [0.15, 0.2) is 15.6 Å². The van der Waals surface area contributed by atoms with Crippen molar-refractivity contribution < 1.29 is 17.9 Å². The van der Waals surface area contributed by atoms with Crippen molar-refractivity contribution >= 4 is 33.0 Å². The van der Waals surface area contributed by atoms with Crippen LogP contribution in [0.5, 0.6) is 11.5 Å². The molecule has 1 N–H and O–H groups in total. The number of hydrogen-bond acceptors (Lipinski definition) is 4. The molecular weight excluding hydrogens is 410 g/mol. The molecule has 7 heteroatoms. The Bertz CT molecular complexity index is 1100. The van der Waals surface area contributed by atoms with E-state index in [4.69, 9.17) is 16.3 Å². The Balaban J connectivity index is 1.68. The fourth-order valence-corrected chi connectivity index (χ4v) is 4.02. The molecule has 0 aromatic heterocycles. The molecule has 0 spiro atoms. The maximum Gasteiger partial charge on any atom is 0.225 e. The molecule has 0 saturated heterocycles. The lowest BCUT2D eigenvalue weighted by Gasteiger charge is -2.13. The van der Waals surface area contributed by atoms with Gasteiger partial charge < -0.3 is 10.1 Å². The second kappa shape index (κ2) is 9.11. The largest absolute Gasteiger partial charge is 0.455 e. The number of aryl methyl sites for hydroxylation is 1. The molecule has 1 amide bonds. The lowest BCUT2D eigenvalue weighted by Crippen LogP contribution is -2.17. The molecule has 150 valence electrons. The summed E-state index contributed by atoms with van der Waals surface area (Å²) in [6.45, 7) is 1.88. The summed E-state index contributed by atoms with van der Waals surface area (Å²) in [5.41, 5.74) is 1.34. The monoisotopic (exact) mass is 429 g/mol. The first-order chi connectivity index (χ1) is 13.8. The molecule has 0 aliphatic rings. The molecule has 5 nitrogen and oxygen atoms in total. The molecule has 0 heterocycles. The molecule has 29 heavy (non-hydrogen) atoms. The Hall–Kier alpha value is -2.83. The van der Waals surface area contributed by atoms with Gasteiger partial charge in [0.1, 0.15) is 5.75 Å². The molecule has 0 radical (unpaired) electrons. The Morgan fingerprint density at radius 2 is 1.69 bits per heavy atom. The number of benzene rings is 3. The number of hydrogen-bond donors (Lipinski definition) is 1. The van der Waals surface area contributed by atoms with E-state index in [1.54, 1.807) is 54.6 Å². The van der Waals surface area contributed by atoms with Crippen LogP contribution in [0.25, 0.3) is 0 Å². The first-order valence-corrected chi connectivity index (χ1v) is 11.0. The summed E-state index contributed by atoms with van der Waals surface area (Å²) in [6.07, 6.45) is -0.187. The van der Waals surface area contributed by atoms with E-state index in [0.717, 1.165) is 5.56 Å². The van der Waals surface area contributed by atoms with Gasteiger partial charge in [0, 0.05) is 11.4 Å². The van der Waals surface area contributed by atoms with Gasteiger partial charge in [-0.3, -0.25) is 4.79 Å². The molecule has 3 aromatic carbocycles. The Morgan fingerprint density at radius 3 is 2.38 bits per heavy atom. The Labute approximate surface area is 175 Å². The van der Waals surface area contributed by atoms with Crippen LogP contribution in [0.3, 0.4) is 0 Å². The van der Waals surface area contributed by atoms with E-state index in [9.17, 15) is 13.2 Å². The number of ether oxygens (including phenoxy) is 1. The van der Waals surface area contributed by atoms with Gasteiger partial charge in [0.2, 0.25) is 5.91 Å². The smallest absolute Gasteiger partial charge is 0.225 e. The normalized spacial score (nSPS) is 11.1. The van der Waals surface area contributed by atoms with Crippen LogP contribution >= 0.6 is 11.6 Å². The highest BCUT2D eigenvalue weighted by molar-refractivity contribution is 7.91. The fraction of sp³-hybridized carbons (Fsp3) is 0.136. The van der Waals surface area contributed by atoms with Gasteiger partial charge in [0.25, 0.3) is 0 Å². The van der Waals surface area contributed by atoms with Crippen molar-refractivity contribution in [2.75, 3.05) is 11.1 Å². The number of anilines is 1. The van der Waals surface area contributed by atoms with E-state index in [2.05, 4.69) is 5.32 Å². The molecular formula is C22H20ClNO4S. The van der Waals surface area contributed by atoms with Crippen LogP contribution in [0, 0.1) is 6.92 Å². The minimum absolute atomic E-state index is 0.187. The van der Waals surface area contributed by atoms with Crippen LogP contribution in [0.4, 0.5) is 5.69 Å². The number of sulfone groups is 1. The fourth-order valence-electron chi connectivity index (χ4n) is 2.61. The third-order valence-electron chi connectivity index (χ3n) is 4.16. The van der Waals surface area contributed by atoms with Gasteiger partial charge >= 0.3 is 0 Å². The van der Waals surface area contributed by atoms with Crippen molar-refractivity contribution in [2.45, 2.75) is 18.2 Å². The maximum atomic E-state index is 12.4. The number of carbonyl (C=O) groups excluding carboxylic acids is 1. The molecule has 0 fully saturated rings. The van der Waals surface area contributed by atoms with Crippen molar-refractivity contribution in [1.29, 1.82) is 0 Å². The van der Waals surface area contributed by atoms with Crippen LogP contribution in [-0.2, 0) is 14.6 Å². The molecule has 0 saturated carbocycles. The summed E-state index contributed by atoms with van der Waals surface area (Å²) in [4.78, 5) is 12.6. The highest BCUT2D eigenvalue weighted by Gasteiger charge is 2.17. The predicted molar refractivity (Wildman–Crippen MR) is 114 cm³/mol. The molecule has 3 rings (SSSR count). The average molecular weight is 430 g/mol. The predicted octanol–water partition coefficient (Wildman–Crippen LogP) is 5.24. The van der Waals surface area contributed by atoms with Crippen molar-refractivity contribution in [3.05, 3.63) is 83.4 Å². The summed E-state index contributed by atoms with van der Waals surface area (Å²) in [7, 11) is -3.55. The summed E-state index contributed by atoms with van der Waals surface area (Å²) in [5, 5.41) is 3.12. The van der Waals surface area contributed by atoms with Crippen LogP contribution in [0.1, 0.15) is 12.0 Å². The topological polar surface area (TPSA) is 72.5 Å². The third-order valence-corrected chi connectivity index (χ3v) is 6.13. The third kappa shape index (κ3) is 5.82. The summed E-state index contributed by atoms with van der Waals surface area (Å²) in [6, 6.07) is 20.5. The molecule has 0 aliphatic carbocycles. The summed E-state index contributed by atoms with van der Waals surface area (Å²) < 4.78 is 30.7. The van der Waals surface area contributed by atoms with Crippen LogP contribution in [-0.4, -0.2) is 20.1 Å². The van der Waals surface area contributed by atoms with Crippen molar-refractivity contribution in [3.63, 3.8) is 0 Å². The Morgan fingerprint density at radius 1 is 1.00 bits per heavy atom. The van der Waals surface area contributed by atoms with Crippen molar-refractivity contribution in [1.82, 2.24) is 0 Å². The van der Waals surface area contributed by atoms with E-state index in [1.807, 2.05) is 25.1 Å². The molecule has 3 aromatic rings. The number of halogens is 1. The van der Waals surface area contributed by atoms with Gasteiger partial charge in [-0.2, -0.15) is 0 Å². The molecule has 0 atom stereocenters. The first kappa shape index (κ1) is 20.9. The Kier molecular flexibility index (Phi) is 6.56. The van der Waals surface area contributed by atoms with Crippen molar-refractivity contribution in [2.24, 2.45) is 0 Å². The zero-order valence-corrected chi connectivity index (χ0v) is 17.3. The van der Waals surface area contributed by atoms with E-state index in [0.29, 0.717) is 22.2 Å². The minimum Gasteiger partial charge on any atom is -0.455 e. The number of amides is 1. The van der Waals surface area contributed by atoms with Crippen molar-refractivity contribution in [3.8, 4) is 11.5 Å². The van der Waals surface area contributed by atoms with Gasteiger partial charge in [-0.05, 0) is 49.4 Å². The standard InChI is InChI=1S/C22H20ClNO4S/c1-16-7-10-19(11-8-16)29(26,27)14-13-22(25)24-20-15-17(23)9-12-21(20)28-18-5-3-2-4-6-18/h2-12,15H,13-14H2,1H3,(H,24,25). The van der Waals surface area contributed by atoms with E-state index < -0.39 is 15.7 Å². The average Bonchev–Trinajstić information content (AvgIpc) is 2.70. The van der Waals surface area contributed by atoms with Gasteiger partial charge in [-0.15, -0.1) is 0 Å². The maximum absolute atomic E-state index is 12.4. The van der Waals surface area contributed by atoms with E-state index in [-0.39, 0.29) is 17.1 Å². The highest BCUT2D eigenvalue weighted by Crippen LogP contribution is 2.32. The minimum atomic E-state index is -3.55. The second-order valence-corrected chi connectivity index (χ2v) is 9.03. The number of rotatable bonds is 7. The SMILES string of the molecule is Cc1ccc(S(=O)(=O)CCC(=O)Nc2cc(Cl)ccc2Oc2ccccc2)cc1. The first-order valence-electron chi connectivity index (χ1n) is 8.95. The number of para-hydroxylation sites is 1. The molecule has 0 unspecified atom stereocenters. The van der Waals surface area contributed by atoms with E-state index >= 15 is 0 Å². The molecule has 0 bridgehead atoms. The zero-order chi connectivity index (χ0) is 20.9. The number of carbonyl (C=O) groups is 1. The van der Waals surface area contributed by atoms with E-state index in [1.165, 1.54) is 0 Å². The van der Waals surface area contributed by atoms with Gasteiger partial charge in [-0.25, -0.2) is 8.42 Å². The van der Waals surface area contributed by atoms with Crippen LogP contribution in [0.2, 0.25) is 5.02 Å². The lowest BCUT2D eigenvalue weighted by atomic mass is 10.2. The lowest BCUT2D eigenvalue weighted by molar-refractivity contribution is -0.115. The zero-order valence-electron chi connectivity index (χ0n) is 15.8.